The van der Waals surface area contributed by atoms with E-state index < -0.39 is 0 Å². The molecule has 0 radical (unpaired) electrons. The maximum atomic E-state index is 7.64. The Kier molecular flexibility index (Phi) is 2.00. The molecular formula is C8H11N7. The topological polar surface area (TPSA) is 95.7 Å². The molecule has 0 amide bonds. The zero-order valence-corrected chi connectivity index (χ0v) is 8.47. The maximum Gasteiger partial charge on any atom is 0.169 e. The van der Waals surface area contributed by atoms with Crippen LogP contribution in [0.15, 0.2) is 16.3 Å². The van der Waals surface area contributed by atoms with Crippen LogP contribution in [0.3, 0.4) is 0 Å². The van der Waals surface area contributed by atoms with Gasteiger partial charge in [-0.05, 0) is 0 Å². The first-order valence-electron chi connectivity index (χ1n) is 4.32. The molecule has 2 heterocycles. The molecule has 0 saturated heterocycles. The van der Waals surface area contributed by atoms with Gasteiger partial charge >= 0.3 is 0 Å². The molecule has 15 heavy (non-hydrogen) atoms. The highest BCUT2D eigenvalue weighted by molar-refractivity contribution is 6.63. The van der Waals surface area contributed by atoms with E-state index in [2.05, 4.69) is 15.2 Å². The zero-order valence-electron chi connectivity index (χ0n) is 8.47. The van der Waals surface area contributed by atoms with E-state index in [9.17, 15) is 0 Å². The number of aryl methyl sites for hydroxylation is 1. The summed E-state index contributed by atoms with van der Waals surface area (Å²) in [5.74, 6) is 0.719. The largest absolute Gasteiger partial charge is 0.382 e. The Morgan fingerprint density at radius 3 is 2.67 bits per heavy atom. The van der Waals surface area contributed by atoms with E-state index in [0.717, 1.165) is 0 Å². The monoisotopic (exact) mass is 205 g/mol. The fourth-order valence-corrected chi connectivity index (χ4v) is 1.16. The van der Waals surface area contributed by atoms with Crippen LogP contribution in [0.4, 0.5) is 11.5 Å². The lowest BCUT2D eigenvalue weighted by atomic mass is 10.3. The Bertz CT molecular complexity index is 467. The number of amidine groups is 1. The maximum absolute atomic E-state index is 7.64. The smallest absolute Gasteiger partial charge is 0.169 e. The molecule has 0 saturated carbocycles. The van der Waals surface area contributed by atoms with Crippen molar-refractivity contribution in [2.24, 2.45) is 17.1 Å². The minimum atomic E-state index is 0.248. The van der Waals surface area contributed by atoms with Gasteiger partial charge in [0.25, 0.3) is 0 Å². The van der Waals surface area contributed by atoms with Crippen LogP contribution in [0.25, 0.3) is 0 Å². The molecule has 7 heteroatoms. The highest BCUT2D eigenvalue weighted by atomic mass is 15.5. The first kappa shape index (κ1) is 9.38. The van der Waals surface area contributed by atoms with Crippen molar-refractivity contribution in [1.82, 2.24) is 14.8 Å². The van der Waals surface area contributed by atoms with Gasteiger partial charge in [0.2, 0.25) is 0 Å². The van der Waals surface area contributed by atoms with Gasteiger partial charge in [0.15, 0.2) is 5.84 Å². The highest BCUT2D eigenvalue weighted by Crippen LogP contribution is 2.20. The Morgan fingerprint density at radius 2 is 2.20 bits per heavy atom. The fourth-order valence-electron chi connectivity index (χ4n) is 1.16. The summed E-state index contributed by atoms with van der Waals surface area (Å²) in [4.78, 5) is 4.20. The van der Waals surface area contributed by atoms with Crippen LogP contribution in [-0.2, 0) is 7.05 Å². The normalized spacial score (nSPS) is 18.1. The third kappa shape index (κ3) is 1.47. The molecule has 0 fully saturated rings. The Balaban J connectivity index is 2.36. The molecule has 0 aromatic carbocycles. The molecule has 3 N–H and O–H groups in total. The molecule has 0 aliphatic carbocycles. The van der Waals surface area contributed by atoms with Gasteiger partial charge in [-0.25, -0.2) is 10.0 Å². The number of hydrogen-bond acceptors (Lipinski definition) is 5. The number of hydrogen-bond donors (Lipinski definition) is 2. The average molecular weight is 205 g/mol. The number of aliphatic imine (C=N–C) groups is 1. The van der Waals surface area contributed by atoms with Gasteiger partial charge < -0.3 is 5.73 Å². The van der Waals surface area contributed by atoms with Crippen molar-refractivity contribution in [3.05, 3.63) is 6.20 Å². The molecule has 0 bridgehead atoms. The van der Waals surface area contributed by atoms with E-state index >= 15 is 0 Å². The Labute approximate surface area is 86.4 Å². The van der Waals surface area contributed by atoms with E-state index in [1.807, 2.05) is 0 Å². The van der Waals surface area contributed by atoms with Crippen LogP contribution in [0, 0.1) is 5.41 Å². The molecule has 0 atom stereocenters. The molecule has 2 rings (SSSR count). The van der Waals surface area contributed by atoms with Crippen LogP contribution in [0.1, 0.15) is 0 Å². The van der Waals surface area contributed by atoms with Crippen molar-refractivity contribution >= 4 is 29.3 Å². The van der Waals surface area contributed by atoms with Gasteiger partial charge in [0.1, 0.15) is 17.2 Å². The van der Waals surface area contributed by atoms with Crippen LogP contribution >= 0.6 is 0 Å². The molecule has 1 aromatic rings. The Hall–Kier alpha value is -2.18. The molecule has 1 aromatic heterocycles. The number of anilines is 1. The molecule has 1 aliphatic rings. The number of nitrogens with two attached hydrogens (primary N) is 1. The quantitative estimate of drug-likeness (QED) is 0.674. The van der Waals surface area contributed by atoms with E-state index in [-0.39, 0.29) is 5.84 Å². The van der Waals surface area contributed by atoms with Gasteiger partial charge in [0, 0.05) is 14.1 Å². The zero-order chi connectivity index (χ0) is 11.0. The van der Waals surface area contributed by atoms with E-state index in [1.165, 1.54) is 15.9 Å². The lowest BCUT2D eigenvalue weighted by Crippen LogP contribution is -2.21. The number of nitrogen functional groups attached to an aromatic ring is 1. The van der Waals surface area contributed by atoms with Crippen LogP contribution in [-0.4, -0.2) is 39.6 Å². The van der Waals surface area contributed by atoms with Gasteiger partial charge in [-0.2, -0.15) is 10.2 Å². The van der Waals surface area contributed by atoms with Crippen molar-refractivity contribution in [3.8, 4) is 0 Å². The Morgan fingerprint density at radius 1 is 1.47 bits per heavy atom. The van der Waals surface area contributed by atoms with Gasteiger partial charge in [-0.15, -0.1) is 0 Å². The fraction of sp³-hybridized carbons (Fsp3) is 0.250. The standard InChI is InChI=1S/C8H11N7/c1-14-7(9)5(3-11-14)13-6-4-12-15(2)8(6)10/h3-4,9H,10H2,1-2H3/b9-7?,13-5-. The summed E-state index contributed by atoms with van der Waals surface area (Å²) >= 11 is 0. The highest BCUT2D eigenvalue weighted by Gasteiger charge is 2.17. The number of hydrazone groups is 1. The van der Waals surface area contributed by atoms with Gasteiger partial charge in [-0.1, -0.05) is 0 Å². The third-order valence-corrected chi connectivity index (χ3v) is 2.12. The summed E-state index contributed by atoms with van der Waals surface area (Å²) in [6.45, 7) is 0. The van der Waals surface area contributed by atoms with E-state index in [4.69, 9.17) is 11.1 Å². The second kappa shape index (κ2) is 3.19. The lowest BCUT2D eigenvalue weighted by Gasteiger charge is -2.04. The van der Waals surface area contributed by atoms with Crippen LogP contribution in [0.5, 0.6) is 0 Å². The van der Waals surface area contributed by atoms with Gasteiger partial charge in [0.05, 0.1) is 12.4 Å². The number of rotatable bonds is 1. The van der Waals surface area contributed by atoms with Crippen LogP contribution < -0.4 is 5.73 Å². The predicted molar refractivity (Wildman–Crippen MR) is 58.7 cm³/mol. The van der Waals surface area contributed by atoms with Crippen molar-refractivity contribution in [2.45, 2.75) is 0 Å². The summed E-state index contributed by atoms with van der Waals surface area (Å²) in [7, 11) is 3.42. The summed E-state index contributed by atoms with van der Waals surface area (Å²) < 4.78 is 1.53. The van der Waals surface area contributed by atoms with Crippen molar-refractivity contribution in [2.75, 3.05) is 12.8 Å². The third-order valence-electron chi connectivity index (χ3n) is 2.12. The molecule has 0 spiro atoms. The van der Waals surface area contributed by atoms with Crippen molar-refractivity contribution in [3.63, 3.8) is 0 Å². The second-order valence-electron chi connectivity index (χ2n) is 3.15. The number of nitrogens with zero attached hydrogens (tertiary/aromatic N) is 5. The number of aromatic nitrogens is 2. The molecule has 1 aliphatic heterocycles. The first-order valence-corrected chi connectivity index (χ1v) is 4.32. The second-order valence-corrected chi connectivity index (χ2v) is 3.15. The minimum absolute atomic E-state index is 0.248. The summed E-state index contributed by atoms with van der Waals surface area (Å²) in [6, 6.07) is 0. The number of nitrogens with one attached hydrogen (secondary N) is 1. The van der Waals surface area contributed by atoms with Crippen molar-refractivity contribution in [1.29, 1.82) is 5.41 Å². The van der Waals surface area contributed by atoms with E-state index in [0.29, 0.717) is 17.2 Å². The van der Waals surface area contributed by atoms with Crippen LogP contribution in [0.2, 0.25) is 0 Å². The molecule has 78 valence electrons. The molecule has 7 nitrogen and oxygen atoms in total. The van der Waals surface area contributed by atoms with Gasteiger partial charge in [-0.3, -0.25) is 10.1 Å². The SMILES string of the molecule is CN1N=C/C(=N/c2cnn(C)c2N)C1=N. The van der Waals surface area contributed by atoms with Crippen molar-refractivity contribution < 1.29 is 0 Å². The molecule has 0 unspecified atom stereocenters. The first-order chi connectivity index (χ1) is 7.09. The summed E-state index contributed by atoms with van der Waals surface area (Å²) in [5.41, 5.74) is 6.76. The minimum Gasteiger partial charge on any atom is -0.382 e. The lowest BCUT2D eigenvalue weighted by molar-refractivity contribution is 0.560. The summed E-state index contributed by atoms with van der Waals surface area (Å²) in [6.07, 6.45) is 3.08. The average Bonchev–Trinajstić information content (AvgIpc) is 2.68. The summed E-state index contributed by atoms with van der Waals surface area (Å²) in [5, 5.41) is 17.0. The molecular weight excluding hydrogens is 194 g/mol. The predicted octanol–water partition coefficient (Wildman–Crippen LogP) is -0.0167. The van der Waals surface area contributed by atoms with E-state index in [1.54, 1.807) is 20.3 Å².